The van der Waals surface area contributed by atoms with Crippen molar-refractivity contribution in [2.45, 2.75) is 39.7 Å². The summed E-state index contributed by atoms with van der Waals surface area (Å²) in [7, 11) is 1.72. The van der Waals surface area contributed by atoms with Gasteiger partial charge in [0.2, 0.25) is 0 Å². The van der Waals surface area contributed by atoms with Gasteiger partial charge in [0.05, 0.1) is 19.0 Å². The molecule has 1 fully saturated rings. The Kier molecular flexibility index (Phi) is 5.24. The minimum Gasteiger partial charge on any atom is -0.493 e. The topological polar surface area (TPSA) is 37.4 Å². The first-order chi connectivity index (χ1) is 9.60. The van der Waals surface area contributed by atoms with E-state index in [2.05, 4.69) is 35.1 Å². The smallest absolute Gasteiger partial charge is 0.160 e. The molecule has 0 amide bonds. The van der Waals surface area contributed by atoms with Crippen molar-refractivity contribution in [3.8, 4) is 5.75 Å². The molecule has 112 valence electrons. The van der Waals surface area contributed by atoms with Crippen molar-refractivity contribution in [2.24, 2.45) is 5.92 Å². The second-order valence-electron chi connectivity index (χ2n) is 6.09. The summed E-state index contributed by atoms with van der Waals surface area (Å²) in [6, 6.07) is 2.72. The third-order valence-corrected chi connectivity index (χ3v) is 3.73. The molecule has 0 spiro atoms. The molecule has 1 aromatic rings. The summed E-state index contributed by atoms with van der Waals surface area (Å²) in [5.74, 6) is 1.49. The minimum atomic E-state index is 0.590. The summed E-state index contributed by atoms with van der Waals surface area (Å²) in [5.41, 5.74) is 2.20. The third kappa shape index (κ3) is 3.85. The van der Waals surface area contributed by atoms with E-state index < -0.39 is 0 Å². The van der Waals surface area contributed by atoms with Crippen molar-refractivity contribution in [3.05, 3.63) is 18.0 Å². The molecular formula is C16H27N3O. The minimum absolute atomic E-state index is 0.590. The summed E-state index contributed by atoms with van der Waals surface area (Å²) in [5, 5.41) is 3.58. The Morgan fingerprint density at radius 1 is 1.50 bits per heavy atom. The van der Waals surface area contributed by atoms with E-state index in [9.17, 15) is 0 Å². The van der Waals surface area contributed by atoms with Gasteiger partial charge in [-0.1, -0.05) is 13.8 Å². The van der Waals surface area contributed by atoms with E-state index in [1.807, 2.05) is 13.1 Å². The maximum atomic E-state index is 5.50. The van der Waals surface area contributed by atoms with E-state index in [4.69, 9.17) is 4.74 Å². The SMILES string of the molecule is COc1cnc(C)cc1N(CC(C)C)CC1CCCN1. The van der Waals surface area contributed by atoms with Gasteiger partial charge in [-0.3, -0.25) is 4.98 Å². The number of methoxy groups -OCH3 is 1. The quantitative estimate of drug-likeness (QED) is 0.867. The number of aromatic nitrogens is 1. The van der Waals surface area contributed by atoms with E-state index in [1.165, 1.54) is 18.5 Å². The molecule has 4 nitrogen and oxygen atoms in total. The molecule has 20 heavy (non-hydrogen) atoms. The molecule has 1 aliphatic rings. The first kappa shape index (κ1) is 15.1. The monoisotopic (exact) mass is 277 g/mol. The van der Waals surface area contributed by atoms with Gasteiger partial charge >= 0.3 is 0 Å². The van der Waals surface area contributed by atoms with Gasteiger partial charge in [-0.25, -0.2) is 0 Å². The average Bonchev–Trinajstić information content (AvgIpc) is 2.90. The molecule has 1 unspecified atom stereocenters. The van der Waals surface area contributed by atoms with Crippen molar-refractivity contribution >= 4 is 5.69 Å². The molecule has 1 aromatic heterocycles. The predicted molar refractivity (Wildman–Crippen MR) is 83.6 cm³/mol. The number of pyridine rings is 1. The van der Waals surface area contributed by atoms with Crippen LogP contribution in [0.15, 0.2) is 12.3 Å². The van der Waals surface area contributed by atoms with Gasteiger partial charge in [-0.2, -0.15) is 0 Å². The Morgan fingerprint density at radius 3 is 2.90 bits per heavy atom. The van der Waals surface area contributed by atoms with E-state index in [1.54, 1.807) is 7.11 Å². The van der Waals surface area contributed by atoms with E-state index in [0.717, 1.165) is 31.1 Å². The first-order valence-corrected chi connectivity index (χ1v) is 7.59. The van der Waals surface area contributed by atoms with Gasteiger partial charge < -0.3 is 15.0 Å². The molecule has 2 heterocycles. The zero-order valence-corrected chi connectivity index (χ0v) is 13.1. The second-order valence-corrected chi connectivity index (χ2v) is 6.09. The van der Waals surface area contributed by atoms with Crippen LogP contribution in [0, 0.1) is 12.8 Å². The zero-order chi connectivity index (χ0) is 14.5. The number of ether oxygens (including phenoxy) is 1. The van der Waals surface area contributed by atoms with Crippen LogP contribution in [0.5, 0.6) is 5.75 Å². The van der Waals surface area contributed by atoms with E-state index >= 15 is 0 Å². The van der Waals surface area contributed by atoms with Gasteiger partial charge in [0.25, 0.3) is 0 Å². The van der Waals surface area contributed by atoms with Gasteiger partial charge in [0.1, 0.15) is 0 Å². The lowest BCUT2D eigenvalue weighted by Crippen LogP contribution is -2.39. The highest BCUT2D eigenvalue weighted by molar-refractivity contribution is 5.58. The van der Waals surface area contributed by atoms with Crippen LogP contribution in [-0.2, 0) is 0 Å². The Balaban J connectivity index is 2.22. The summed E-state index contributed by atoms with van der Waals surface area (Å²) in [6.45, 7) is 9.78. The maximum Gasteiger partial charge on any atom is 0.160 e. The van der Waals surface area contributed by atoms with Crippen LogP contribution in [0.25, 0.3) is 0 Å². The summed E-state index contributed by atoms with van der Waals surface area (Å²) < 4.78 is 5.50. The number of rotatable bonds is 6. The number of anilines is 1. The van der Waals surface area contributed by atoms with Crippen molar-refractivity contribution in [1.29, 1.82) is 0 Å². The summed E-state index contributed by atoms with van der Waals surface area (Å²) >= 11 is 0. The number of hydrogen-bond acceptors (Lipinski definition) is 4. The standard InChI is InChI=1S/C16H27N3O/c1-12(2)10-19(11-14-6-5-7-17-14)15-8-13(3)18-9-16(15)20-4/h8-9,12,14,17H,5-7,10-11H2,1-4H3. The van der Waals surface area contributed by atoms with Crippen LogP contribution in [0.2, 0.25) is 0 Å². The lowest BCUT2D eigenvalue weighted by Gasteiger charge is -2.30. The highest BCUT2D eigenvalue weighted by atomic mass is 16.5. The fourth-order valence-electron chi connectivity index (χ4n) is 2.83. The molecular weight excluding hydrogens is 250 g/mol. The molecule has 0 saturated carbocycles. The van der Waals surface area contributed by atoms with Crippen molar-refractivity contribution in [1.82, 2.24) is 10.3 Å². The molecule has 0 aromatic carbocycles. The predicted octanol–water partition coefficient (Wildman–Crippen LogP) is 2.61. The highest BCUT2D eigenvalue weighted by Gasteiger charge is 2.21. The Labute approximate surface area is 122 Å². The molecule has 4 heteroatoms. The Hall–Kier alpha value is -1.29. The zero-order valence-electron chi connectivity index (χ0n) is 13.1. The van der Waals surface area contributed by atoms with E-state index in [0.29, 0.717) is 12.0 Å². The molecule has 0 aliphatic carbocycles. The van der Waals surface area contributed by atoms with Gasteiger partial charge in [-0.15, -0.1) is 0 Å². The lowest BCUT2D eigenvalue weighted by atomic mass is 10.1. The number of nitrogens with zero attached hydrogens (tertiary/aromatic N) is 2. The Bertz CT molecular complexity index is 428. The number of aryl methyl sites for hydroxylation is 1. The van der Waals surface area contributed by atoms with Crippen molar-refractivity contribution in [2.75, 3.05) is 31.6 Å². The summed E-state index contributed by atoms with van der Waals surface area (Å²) in [4.78, 5) is 6.78. The van der Waals surface area contributed by atoms with Crippen LogP contribution in [-0.4, -0.2) is 37.8 Å². The largest absolute Gasteiger partial charge is 0.493 e. The third-order valence-electron chi connectivity index (χ3n) is 3.73. The molecule has 0 bridgehead atoms. The number of hydrogen-bond donors (Lipinski definition) is 1. The van der Waals surface area contributed by atoms with Gasteiger partial charge in [0, 0.05) is 24.8 Å². The van der Waals surface area contributed by atoms with Crippen LogP contribution < -0.4 is 15.0 Å². The number of nitrogens with one attached hydrogen (secondary N) is 1. The van der Waals surface area contributed by atoms with Gasteiger partial charge in [0.15, 0.2) is 5.75 Å². The van der Waals surface area contributed by atoms with Gasteiger partial charge in [-0.05, 0) is 38.3 Å². The molecule has 1 saturated heterocycles. The summed E-state index contributed by atoms with van der Waals surface area (Å²) in [6.07, 6.45) is 4.38. The van der Waals surface area contributed by atoms with Crippen molar-refractivity contribution < 1.29 is 4.74 Å². The first-order valence-electron chi connectivity index (χ1n) is 7.59. The van der Waals surface area contributed by atoms with E-state index in [-0.39, 0.29) is 0 Å². The average molecular weight is 277 g/mol. The normalized spacial score (nSPS) is 18.6. The molecule has 1 aliphatic heterocycles. The van der Waals surface area contributed by atoms with Crippen LogP contribution in [0.3, 0.4) is 0 Å². The lowest BCUT2D eigenvalue weighted by molar-refractivity contribution is 0.410. The molecule has 1 atom stereocenters. The van der Waals surface area contributed by atoms with Crippen molar-refractivity contribution in [3.63, 3.8) is 0 Å². The van der Waals surface area contributed by atoms with Crippen LogP contribution in [0.4, 0.5) is 5.69 Å². The molecule has 0 radical (unpaired) electrons. The van der Waals surface area contributed by atoms with Crippen LogP contribution in [0.1, 0.15) is 32.4 Å². The molecule has 2 rings (SSSR count). The van der Waals surface area contributed by atoms with Crippen LogP contribution >= 0.6 is 0 Å². The maximum absolute atomic E-state index is 5.50. The fraction of sp³-hybridized carbons (Fsp3) is 0.688. The fourth-order valence-corrected chi connectivity index (χ4v) is 2.83. The molecule has 1 N–H and O–H groups in total. The second kappa shape index (κ2) is 6.93. The Morgan fingerprint density at radius 2 is 2.30 bits per heavy atom. The highest BCUT2D eigenvalue weighted by Crippen LogP contribution is 2.29.